The molecular weight excluding hydrogens is 266 g/mol. The summed E-state index contributed by atoms with van der Waals surface area (Å²) in [5.41, 5.74) is 1.91. The molecule has 0 spiro atoms. The molecule has 0 unspecified atom stereocenters. The van der Waals surface area contributed by atoms with Crippen LogP contribution in [-0.4, -0.2) is 39.1 Å². The van der Waals surface area contributed by atoms with E-state index in [0.29, 0.717) is 19.4 Å². The number of para-hydroxylation sites is 2. The number of carbonyl (C=O) groups excluding carboxylic acids is 2. The molecule has 1 saturated heterocycles. The molecule has 0 bridgehead atoms. The van der Waals surface area contributed by atoms with Crippen LogP contribution in [0.4, 0.5) is 0 Å². The number of likely N-dealkylation sites (tertiary alicyclic amines) is 1. The summed E-state index contributed by atoms with van der Waals surface area (Å²) in [6, 6.07) is 7.61. The third-order valence-electron chi connectivity index (χ3n) is 4.06. The standard InChI is InChI=1S/C16H19N3O2/c1-11(20)14-7-4-10-19(14)16(21)9-8-15-17-12-5-2-3-6-13(12)18-15/h2-3,5-6,14H,4,7-10H2,1H3,(H,17,18)/t14-/m0/s1. The molecule has 110 valence electrons. The molecule has 2 heterocycles. The molecular formula is C16H19N3O2. The first kappa shape index (κ1) is 13.8. The second-order valence-electron chi connectivity index (χ2n) is 5.56. The minimum atomic E-state index is -0.215. The van der Waals surface area contributed by atoms with Crippen LogP contribution in [0.15, 0.2) is 24.3 Å². The maximum absolute atomic E-state index is 12.3. The maximum atomic E-state index is 12.3. The summed E-state index contributed by atoms with van der Waals surface area (Å²) in [4.78, 5) is 33.2. The molecule has 1 atom stereocenters. The van der Waals surface area contributed by atoms with E-state index in [4.69, 9.17) is 0 Å². The predicted octanol–water partition coefficient (Wildman–Crippen LogP) is 2.08. The highest BCUT2D eigenvalue weighted by Crippen LogP contribution is 2.20. The zero-order chi connectivity index (χ0) is 14.8. The van der Waals surface area contributed by atoms with Crippen molar-refractivity contribution in [3.8, 4) is 0 Å². The molecule has 1 aliphatic heterocycles. The van der Waals surface area contributed by atoms with Crippen molar-refractivity contribution in [2.75, 3.05) is 6.54 Å². The van der Waals surface area contributed by atoms with E-state index in [0.717, 1.165) is 29.7 Å². The van der Waals surface area contributed by atoms with Crippen LogP contribution in [0.1, 0.15) is 32.0 Å². The summed E-state index contributed by atoms with van der Waals surface area (Å²) >= 11 is 0. The number of rotatable bonds is 4. The van der Waals surface area contributed by atoms with Crippen LogP contribution < -0.4 is 0 Å². The summed E-state index contributed by atoms with van der Waals surface area (Å²) in [6.45, 7) is 2.26. The average molecular weight is 285 g/mol. The van der Waals surface area contributed by atoms with E-state index in [1.165, 1.54) is 0 Å². The average Bonchev–Trinajstić information content (AvgIpc) is 3.10. The maximum Gasteiger partial charge on any atom is 0.223 e. The summed E-state index contributed by atoms with van der Waals surface area (Å²) in [7, 11) is 0. The van der Waals surface area contributed by atoms with Gasteiger partial charge < -0.3 is 9.88 Å². The number of hydrogen-bond acceptors (Lipinski definition) is 3. The number of nitrogens with one attached hydrogen (secondary N) is 1. The van der Waals surface area contributed by atoms with Gasteiger partial charge in [-0.2, -0.15) is 0 Å². The smallest absolute Gasteiger partial charge is 0.223 e. The summed E-state index contributed by atoms with van der Waals surface area (Å²) in [5, 5.41) is 0. The highest BCUT2D eigenvalue weighted by Gasteiger charge is 2.31. The molecule has 1 N–H and O–H groups in total. The molecule has 1 aromatic heterocycles. The number of aromatic nitrogens is 2. The topological polar surface area (TPSA) is 66.1 Å². The van der Waals surface area contributed by atoms with Crippen molar-refractivity contribution in [2.45, 2.75) is 38.6 Å². The zero-order valence-corrected chi connectivity index (χ0v) is 12.1. The van der Waals surface area contributed by atoms with E-state index in [1.807, 2.05) is 24.3 Å². The molecule has 1 aromatic carbocycles. The molecule has 1 fully saturated rings. The first-order valence-corrected chi connectivity index (χ1v) is 7.38. The molecule has 0 saturated carbocycles. The number of amides is 1. The molecule has 1 amide bonds. The van der Waals surface area contributed by atoms with E-state index < -0.39 is 0 Å². The second kappa shape index (κ2) is 5.68. The number of imidazole rings is 1. The molecule has 2 aromatic rings. The molecule has 0 radical (unpaired) electrons. The van der Waals surface area contributed by atoms with Crippen LogP contribution >= 0.6 is 0 Å². The SMILES string of the molecule is CC(=O)[C@@H]1CCCN1C(=O)CCc1nc2ccccc2[nH]1. The Balaban J connectivity index is 1.64. The number of carbonyl (C=O) groups is 2. The fourth-order valence-electron chi connectivity index (χ4n) is 2.98. The van der Waals surface area contributed by atoms with Gasteiger partial charge in [0.15, 0.2) is 5.78 Å². The van der Waals surface area contributed by atoms with E-state index >= 15 is 0 Å². The fourth-order valence-corrected chi connectivity index (χ4v) is 2.98. The quantitative estimate of drug-likeness (QED) is 0.935. The highest BCUT2D eigenvalue weighted by atomic mass is 16.2. The lowest BCUT2D eigenvalue weighted by Gasteiger charge is -2.22. The van der Waals surface area contributed by atoms with E-state index in [1.54, 1.807) is 11.8 Å². The van der Waals surface area contributed by atoms with Gasteiger partial charge in [0.1, 0.15) is 5.82 Å². The highest BCUT2D eigenvalue weighted by molar-refractivity contribution is 5.88. The predicted molar refractivity (Wildman–Crippen MR) is 79.8 cm³/mol. The number of fused-ring (bicyclic) bond motifs is 1. The van der Waals surface area contributed by atoms with Crippen molar-refractivity contribution in [1.29, 1.82) is 0 Å². The Labute approximate surface area is 123 Å². The van der Waals surface area contributed by atoms with E-state index in [2.05, 4.69) is 9.97 Å². The van der Waals surface area contributed by atoms with Crippen molar-refractivity contribution in [2.24, 2.45) is 0 Å². The summed E-state index contributed by atoms with van der Waals surface area (Å²) < 4.78 is 0. The summed E-state index contributed by atoms with van der Waals surface area (Å²) in [6.07, 6.45) is 2.69. The number of H-pyrrole nitrogens is 1. The van der Waals surface area contributed by atoms with Crippen molar-refractivity contribution in [3.05, 3.63) is 30.1 Å². The monoisotopic (exact) mass is 285 g/mol. The Morgan fingerprint density at radius 1 is 1.38 bits per heavy atom. The molecule has 1 aliphatic rings. The number of ketones is 1. The van der Waals surface area contributed by atoms with E-state index in [-0.39, 0.29) is 17.7 Å². The van der Waals surface area contributed by atoms with Gasteiger partial charge in [-0.05, 0) is 31.9 Å². The van der Waals surface area contributed by atoms with E-state index in [9.17, 15) is 9.59 Å². The van der Waals surface area contributed by atoms with Crippen LogP contribution in [-0.2, 0) is 16.0 Å². The van der Waals surface area contributed by atoms with Gasteiger partial charge in [0.25, 0.3) is 0 Å². The van der Waals surface area contributed by atoms with Gasteiger partial charge in [-0.25, -0.2) is 4.98 Å². The van der Waals surface area contributed by atoms with Gasteiger partial charge in [-0.1, -0.05) is 12.1 Å². The van der Waals surface area contributed by atoms with Gasteiger partial charge in [0.05, 0.1) is 17.1 Å². The van der Waals surface area contributed by atoms with Gasteiger partial charge in [0, 0.05) is 19.4 Å². The van der Waals surface area contributed by atoms with Crippen LogP contribution in [0.25, 0.3) is 11.0 Å². The minimum Gasteiger partial charge on any atom is -0.342 e. The third-order valence-corrected chi connectivity index (χ3v) is 4.06. The van der Waals surface area contributed by atoms with Crippen molar-refractivity contribution in [1.82, 2.24) is 14.9 Å². The second-order valence-corrected chi connectivity index (χ2v) is 5.56. The molecule has 0 aliphatic carbocycles. The number of aromatic amines is 1. The number of hydrogen-bond donors (Lipinski definition) is 1. The Kier molecular flexibility index (Phi) is 3.73. The first-order chi connectivity index (χ1) is 10.1. The van der Waals surface area contributed by atoms with Crippen LogP contribution in [0.2, 0.25) is 0 Å². The van der Waals surface area contributed by atoms with Crippen LogP contribution in [0.3, 0.4) is 0 Å². The Morgan fingerprint density at radius 2 is 2.19 bits per heavy atom. The summed E-state index contributed by atoms with van der Waals surface area (Å²) in [5.74, 6) is 0.959. The lowest BCUT2D eigenvalue weighted by atomic mass is 10.1. The Hall–Kier alpha value is -2.17. The van der Waals surface area contributed by atoms with Crippen molar-refractivity contribution in [3.63, 3.8) is 0 Å². The number of aryl methyl sites for hydroxylation is 1. The molecule has 5 heteroatoms. The third kappa shape index (κ3) is 2.82. The fraction of sp³-hybridized carbons (Fsp3) is 0.438. The van der Waals surface area contributed by atoms with Crippen molar-refractivity contribution < 1.29 is 9.59 Å². The lowest BCUT2D eigenvalue weighted by Crippen LogP contribution is -2.39. The van der Waals surface area contributed by atoms with Gasteiger partial charge >= 0.3 is 0 Å². The normalized spacial score (nSPS) is 18.3. The van der Waals surface area contributed by atoms with Gasteiger partial charge in [0.2, 0.25) is 5.91 Å². The van der Waals surface area contributed by atoms with Crippen molar-refractivity contribution >= 4 is 22.7 Å². The van der Waals surface area contributed by atoms with Crippen LogP contribution in [0.5, 0.6) is 0 Å². The lowest BCUT2D eigenvalue weighted by molar-refractivity contribution is -0.136. The number of nitrogens with zero attached hydrogens (tertiary/aromatic N) is 2. The molecule has 21 heavy (non-hydrogen) atoms. The van der Waals surface area contributed by atoms with Gasteiger partial charge in [-0.15, -0.1) is 0 Å². The van der Waals surface area contributed by atoms with Crippen LogP contribution in [0, 0.1) is 0 Å². The Bertz CT molecular complexity index is 644. The zero-order valence-electron chi connectivity index (χ0n) is 12.1. The molecule has 3 rings (SSSR count). The largest absolute Gasteiger partial charge is 0.342 e. The van der Waals surface area contributed by atoms with Gasteiger partial charge in [-0.3, -0.25) is 9.59 Å². The number of Topliss-reactive ketones (excluding diaryl/α,β-unsaturated/α-hetero) is 1. The Morgan fingerprint density at radius 3 is 2.95 bits per heavy atom. The molecule has 5 nitrogen and oxygen atoms in total. The minimum absolute atomic E-state index is 0.0492. The number of benzene rings is 1. The first-order valence-electron chi connectivity index (χ1n) is 7.38.